The molecule has 1 N–H and O–H groups in total. The Balaban J connectivity index is 2.69. The molecular formula is C11H6ClF2NO. The molecule has 0 bridgehead atoms. The van der Waals surface area contributed by atoms with Gasteiger partial charge < -0.3 is 4.98 Å². The Morgan fingerprint density at radius 3 is 2.31 bits per heavy atom. The molecule has 5 heteroatoms. The van der Waals surface area contributed by atoms with Crippen molar-refractivity contribution in [2.45, 2.75) is 0 Å². The van der Waals surface area contributed by atoms with Gasteiger partial charge in [0.05, 0.1) is 11.3 Å². The van der Waals surface area contributed by atoms with Gasteiger partial charge in [0.2, 0.25) is 5.56 Å². The van der Waals surface area contributed by atoms with E-state index < -0.39 is 17.2 Å². The Hall–Kier alpha value is -1.68. The van der Waals surface area contributed by atoms with Crippen LogP contribution in [0.3, 0.4) is 0 Å². The molecule has 1 aromatic heterocycles. The van der Waals surface area contributed by atoms with Crippen molar-refractivity contribution in [2.75, 3.05) is 0 Å². The number of pyridine rings is 1. The summed E-state index contributed by atoms with van der Waals surface area (Å²) in [5, 5.41) is -0.0305. The quantitative estimate of drug-likeness (QED) is 0.818. The van der Waals surface area contributed by atoms with Crippen molar-refractivity contribution < 1.29 is 8.78 Å². The van der Waals surface area contributed by atoms with Crippen LogP contribution in [0.25, 0.3) is 11.3 Å². The van der Waals surface area contributed by atoms with Gasteiger partial charge in [0, 0.05) is 11.1 Å². The zero-order chi connectivity index (χ0) is 11.7. The second-order valence-electron chi connectivity index (χ2n) is 3.17. The van der Waals surface area contributed by atoms with E-state index in [9.17, 15) is 13.6 Å². The number of hydrogen-bond donors (Lipinski definition) is 1. The molecule has 0 saturated heterocycles. The van der Waals surface area contributed by atoms with Gasteiger partial charge in [-0.25, -0.2) is 8.78 Å². The van der Waals surface area contributed by atoms with Crippen molar-refractivity contribution in [2.24, 2.45) is 0 Å². The molecule has 0 fully saturated rings. The van der Waals surface area contributed by atoms with E-state index in [-0.39, 0.29) is 16.3 Å². The van der Waals surface area contributed by atoms with Crippen LogP contribution < -0.4 is 5.56 Å². The maximum Gasteiger partial charge on any atom is 0.248 e. The Morgan fingerprint density at radius 1 is 1.12 bits per heavy atom. The monoisotopic (exact) mass is 241 g/mol. The summed E-state index contributed by atoms with van der Waals surface area (Å²) < 4.78 is 27.0. The zero-order valence-electron chi connectivity index (χ0n) is 7.93. The van der Waals surface area contributed by atoms with Crippen LogP contribution in [0.5, 0.6) is 0 Å². The lowest BCUT2D eigenvalue weighted by Crippen LogP contribution is -2.05. The second-order valence-corrected chi connectivity index (χ2v) is 3.61. The molecule has 2 aromatic rings. The van der Waals surface area contributed by atoms with Gasteiger partial charge in [0.15, 0.2) is 0 Å². The van der Waals surface area contributed by atoms with Crippen LogP contribution in [0.15, 0.2) is 35.1 Å². The van der Waals surface area contributed by atoms with E-state index in [0.29, 0.717) is 0 Å². The maximum absolute atomic E-state index is 13.5. The van der Waals surface area contributed by atoms with Gasteiger partial charge in [-0.15, -0.1) is 0 Å². The molecule has 16 heavy (non-hydrogen) atoms. The molecule has 82 valence electrons. The summed E-state index contributed by atoms with van der Waals surface area (Å²) >= 11 is 5.49. The van der Waals surface area contributed by atoms with Crippen molar-refractivity contribution >= 4 is 11.6 Å². The standard InChI is InChI=1S/C11H6ClF2NO/c12-6-4-7(13)11(8(14)5-6)9-2-1-3-10(16)15-9/h1-5H,(H,15,16). The van der Waals surface area contributed by atoms with Crippen LogP contribution >= 0.6 is 11.6 Å². The molecule has 1 aromatic carbocycles. The summed E-state index contributed by atoms with van der Waals surface area (Å²) in [5.41, 5.74) is -0.632. The third-order valence-electron chi connectivity index (χ3n) is 2.04. The van der Waals surface area contributed by atoms with E-state index in [0.717, 1.165) is 12.1 Å². The zero-order valence-corrected chi connectivity index (χ0v) is 8.68. The first-order valence-corrected chi connectivity index (χ1v) is 4.80. The Morgan fingerprint density at radius 2 is 1.75 bits per heavy atom. The minimum Gasteiger partial charge on any atom is -0.322 e. The Labute approximate surface area is 94.5 Å². The molecule has 0 spiro atoms. The highest BCUT2D eigenvalue weighted by Crippen LogP contribution is 2.26. The largest absolute Gasteiger partial charge is 0.322 e. The van der Waals surface area contributed by atoms with Crippen LogP contribution in [0.4, 0.5) is 8.78 Å². The van der Waals surface area contributed by atoms with E-state index >= 15 is 0 Å². The van der Waals surface area contributed by atoms with E-state index in [1.165, 1.54) is 18.2 Å². The summed E-state index contributed by atoms with van der Waals surface area (Å²) in [6.45, 7) is 0. The number of nitrogens with one attached hydrogen (secondary N) is 1. The smallest absolute Gasteiger partial charge is 0.248 e. The van der Waals surface area contributed by atoms with Gasteiger partial charge in [0.25, 0.3) is 0 Å². The summed E-state index contributed by atoms with van der Waals surface area (Å²) in [5.74, 6) is -1.63. The number of rotatable bonds is 1. The summed E-state index contributed by atoms with van der Waals surface area (Å²) in [6, 6.07) is 6.07. The number of aromatic nitrogens is 1. The molecule has 0 aliphatic rings. The fraction of sp³-hybridized carbons (Fsp3) is 0. The molecule has 0 atom stereocenters. The van der Waals surface area contributed by atoms with E-state index in [1.54, 1.807) is 0 Å². The highest BCUT2D eigenvalue weighted by atomic mass is 35.5. The Bertz CT molecular complexity index is 572. The lowest BCUT2D eigenvalue weighted by Gasteiger charge is -2.05. The number of aromatic amines is 1. The topological polar surface area (TPSA) is 32.9 Å². The average Bonchev–Trinajstić information content (AvgIpc) is 2.15. The molecule has 0 unspecified atom stereocenters. The normalized spacial score (nSPS) is 10.4. The highest BCUT2D eigenvalue weighted by Gasteiger charge is 2.13. The minimum absolute atomic E-state index is 0.0305. The summed E-state index contributed by atoms with van der Waals surface area (Å²) in [7, 11) is 0. The molecule has 0 saturated carbocycles. The van der Waals surface area contributed by atoms with Crippen molar-refractivity contribution in [3.05, 3.63) is 57.3 Å². The van der Waals surface area contributed by atoms with Crippen LogP contribution in [-0.2, 0) is 0 Å². The van der Waals surface area contributed by atoms with Gasteiger partial charge >= 0.3 is 0 Å². The van der Waals surface area contributed by atoms with Gasteiger partial charge in [-0.05, 0) is 18.2 Å². The summed E-state index contributed by atoms with van der Waals surface area (Å²) in [4.78, 5) is 13.4. The highest BCUT2D eigenvalue weighted by molar-refractivity contribution is 6.30. The third kappa shape index (κ3) is 1.97. The van der Waals surface area contributed by atoms with E-state index in [2.05, 4.69) is 4.98 Å². The molecule has 0 aliphatic heterocycles. The van der Waals surface area contributed by atoms with Gasteiger partial charge in [-0.1, -0.05) is 17.7 Å². The van der Waals surface area contributed by atoms with Crippen LogP contribution in [0.1, 0.15) is 0 Å². The third-order valence-corrected chi connectivity index (χ3v) is 2.26. The molecule has 0 aliphatic carbocycles. The van der Waals surface area contributed by atoms with Gasteiger partial charge in [0.1, 0.15) is 11.6 Å². The van der Waals surface area contributed by atoms with Crippen molar-refractivity contribution in [3.8, 4) is 11.3 Å². The molecular weight excluding hydrogens is 236 g/mol. The van der Waals surface area contributed by atoms with Gasteiger partial charge in [-0.2, -0.15) is 0 Å². The predicted octanol–water partition coefficient (Wildman–Crippen LogP) is 2.97. The number of H-pyrrole nitrogens is 1. The minimum atomic E-state index is -0.813. The van der Waals surface area contributed by atoms with E-state index in [1.807, 2.05) is 0 Å². The second kappa shape index (κ2) is 4.06. The maximum atomic E-state index is 13.5. The van der Waals surface area contributed by atoms with E-state index in [4.69, 9.17) is 11.6 Å². The number of benzene rings is 1. The molecule has 2 nitrogen and oxygen atoms in total. The molecule has 2 rings (SSSR count). The van der Waals surface area contributed by atoms with Crippen LogP contribution in [0.2, 0.25) is 5.02 Å². The lowest BCUT2D eigenvalue weighted by molar-refractivity contribution is 0.588. The van der Waals surface area contributed by atoms with Crippen molar-refractivity contribution in [1.82, 2.24) is 4.98 Å². The van der Waals surface area contributed by atoms with Crippen molar-refractivity contribution in [3.63, 3.8) is 0 Å². The SMILES string of the molecule is O=c1cccc(-c2c(F)cc(Cl)cc2F)[nH]1. The molecule has 0 amide bonds. The molecule has 0 radical (unpaired) electrons. The first-order valence-electron chi connectivity index (χ1n) is 4.42. The number of hydrogen-bond acceptors (Lipinski definition) is 1. The fourth-order valence-corrected chi connectivity index (χ4v) is 1.58. The average molecular weight is 242 g/mol. The Kier molecular flexibility index (Phi) is 2.75. The number of halogens is 3. The van der Waals surface area contributed by atoms with Gasteiger partial charge in [-0.3, -0.25) is 4.79 Å². The lowest BCUT2D eigenvalue weighted by atomic mass is 10.1. The van der Waals surface area contributed by atoms with Crippen molar-refractivity contribution in [1.29, 1.82) is 0 Å². The van der Waals surface area contributed by atoms with Crippen LogP contribution in [-0.4, -0.2) is 4.98 Å². The predicted molar refractivity (Wildman–Crippen MR) is 57.4 cm³/mol. The first-order chi connectivity index (χ1) is 7.58. The first kappa shape index (κ1) is 10.8. The van der Waals surface area contributed by atoms with Crippen LogP contribution in [0, 0.1) is 11.6 Å². The summed E-state index contributed by atoms with van der Waals surface area (Å²) in [6.07, 6.45) is 0. The molecule has 1 heterocycles. The fourth-order valence-electron chi connectivity index (χ4n) is 1.39.